The van der Waals surface area contributed by atoms with Gasteiger partial charge in [0, 0.05) is 29.0 Å². The molecule has 0 aliphatic heterocycles. The fourth-order valence-corrected chi connectivity index (χ4v) is 3.84. The smallest absolute Gasteiger partial charge is 0.230 e. The summed E-state index contributed by atoms with van der Waals surface area (Å²) in [4.78, 5) is 20.9. The lowest BCUT2D eigenvalue weighted by atomic mass is 10.1. The number of benzene rings is 1. The van der Waals surface area contributed by atoms with Gasteiger partial charge in [-0.25, -0.2) is 4.98 Å². The maximum absolute atomic E-state index is 12.3. The first kappa shape index (κ1) is 15.0. The highest BCUT2D eigenvalue weighted by atomic mass is 32.1. The van der Waals surface area contributed by atoms with Gasteiger partial charge in [-0.05, 0) is 54.7 Å². The van der Waals surface area contributed by atoms with Crippen molar-refractivity contribution in [3.63, 3.8) is 0 Å². The molecule has 0 radical (unpaired) electrons. The van der Waals surface area contributed by atoms with Gasteiger partial charge in [-0.2, -0.15) is 0 Å². The average molecular weight is 335 g/mol. The van der Waals surface area contributed by atoms with Gasteiger partial charge >= 0.3 is 0 Å². The van der Waals surface area contributed by atoms with E-state index in [1.807, 2.05) is 23.6 Å². The third kappa shape index (κ3) is 3.21. The molecule has 4 rings (SSSR count). The molecule has 0 bridgehead atoms. The predicted octanol–water partition coefficient (Wildman–Crippen LogP) is 3.88. The lowest BCUT2D eigenvalue weighted by molar-refractivity contribution is -0.115. The third-order valence-corrected chi connectivity index (χ3v) is 5.12. The molecule has 1 aliphatic rings. The predicted molar refractivity (Wildman–Crippen MR) is 96.1 cm³/mol. The SMILES string of the molecule is O=C(Cc1csc(-c2cccnc2)n1)Nc1ccc2c(c1)CCC2. The van der Waals surface area contributed by atoms with Crippen molar-refractivity contribution in [2.75, 3.05) is 5.32 Å². The largest absolute Gasteiger partial charge is 0.326 e. The molecule has 0 saturated heterocycles. The van der Waals surface area contributed by atoms with Gasteiger partial charge in [0.15, 0.2) is 0 Å². The zero-order valence-electron chi connectivity index (χ0n) is 13.2. The van der Waals surface area contributed by atoms with Crippen LogP contribution in [0.4, 0.5) is 5.69 Å². The molecule has 1 aromatic carbocycles. The number of thiazole rings is 1. The number of amides is 1. The quantitative estimate of drug-likeness (QED) is 0.787. The Morgan fingerprint density at radius 3 is 3.00 bits per heavy atom. The molecule has 0 saturated carbocycles. The zero-order chi connectivity index (χ0) is 16.4. The van der Waals surface area contributed by atoms with E-state index in [9.17, 15) is 4.79 Å². The first-order valence-electron chi connectivity index (χ1n) is 8.04. The highest BCUT2D eigenvalue weighted by Gasteiger charge is 2.13. The Bertz CT molecular complexity index is 873. The molecule has 0 spiro atoms. The zero-order valence-corrected chi connectivity index (χ0v) is 14.0. The fraction of sp³-hybridized carbons (Fsp3) is 0.211. The normalized spacial score (nSPS) is 12.8. The molecule has 1 aliphatic carbocycles. The van der Waals surface area contributed by atoms with Crippen molar-refractivity contribution in [2.45, 2.75) is 25.7 Å². The molecule has 120 valence electrons. The number of carbonyl (C=O) groups is 1. The van der Waals surface area contributed by atoms with Gasteiger partial charge in [0.2, 0.25) is 5.91 Å². The number of nitrogens with one attached hydrogen (secondary N) is 1. The Kier molecular flexibility index (Phi) is 4.09. The van der Waals surface area contributed by atoms with Gasteiger partial charge < -0.3 is 5.32 Å². The standard InChI is InChI=1S/C19H17N3OS/c23-18(21-16-7-6-13-3-1-4-14(13)9-16)10-17-12-24-19(22-17)15-5-2-8-20-11-15/h2,5-9,11-12H,1,3-4,10H2,(H,21,23). The second-order valence-electron chi connectivity index (χ2n) is 5.95. The number of fused-ring (bicyclic) bond motifs is 1. The van der Waals surface area contributed by atoms with E-state index >= 15 is 0 Å². The fourth-order valence-electron chi connectivity index (χ4n) is 3.03. The Labute approximate surface area is 144 Å². The summed E-state index contributed by atoms with van der Waals surface area (Å²) in [6.07, 6.45) is 7.28. The third-order valence-electron chi connectivity index (χ3n) is 4.18. The van der Waals surface area contributed by atoms with E-state index in [1.54, 1.807) is 12.4 Å². The summed E-state index contributed by atoms with van der Waals surface area (Å²) in [6.45, 7) is 0. The minimum absolute atomic E-state index is 0.0315. The van der Waals surface area contributed by atoms with Crippen LogP contribution in [0.3, 0.4) is 0 Å². The number of aromatic nitrogens is 2. The summed E-state index contributed by atoms with van der Waals surface area (Å²) >= 11 is 1.54. The molecular formula is C19H17N3OS. The van der Waals surface area contributed by atoms with Crippen molar-refractivity contribution in [2.24, 2.45) is 0 Å². The van der Waals surface area contributed by atoms with Crippen LogP contribution in [0, 0.1) is 0 Å². The Morgan fingerprint density at radius 1 is 1.21 bits per heavy atom. The van der Waals surface area contributed by atoms with Crippen LogP contribution < -0.4 is 5.32 Å². The lowest BCUT2D eigenvalue weighted by Gasteiger charge is -2.06. The van der Waals surface area contributed by atoms with Gasteiger partial charge in [0.25, 0.3) is 0 Å². The van der Waals surface area contributed by atoms with Crippen molar-refractivity contribution in [3.8, 4) is 10.6 Å². The summed E-state index contributed by atoms with van der Waals surface area (Å²) < 4.78 is 0. The van der Waals surface area contributed by atoms with Crippen molar-refractivity contribution in [1.29, 1.82) is 0 Å². The van der Waals surface area contributed by atoms with E-state index < -0.39 is 0 Å². The number of nitrogens with zero attached hydrogens (tertiary/aromatic N) is 2. The first-order chi connectivity index (χ1) is 11.8. The highest BCUT2D eigenvalue weighted by Crippen LogP contribution is 2.25. The maximum atomic E-state index is 12.3. The number of hydrogen-bond acceptors (Lipinski definition) is 4. The lowest BCUT2D eigenvalue weighted by Crippen LogP contribution is -2.14. The van der Waals surface area contributed by atoms with Crippen molar-refractivity contribution in [3.05, 3.63) is 64.9 Å². The van der Waals surface area contributed by atoms with Gasteiger partial charge in [-0.3, -0.25) is 9.78 Å². The van der Waals surface area contributed by atoms with E-state index in [0.29, 0.717) is 0 Å². The Hall–Kier alpha value is -2.53. The van der Waals surface area contributed by atoms with E-state index in [-0.39, 0.29) is 12.3 Å². The molecule has 2 aromatic heterocycles. The number of carbonyl (C=O) groups excluding carboxylic acids is 1. The van der Waals surface area contributed by atoms with Crippen LogP contribution in [-0.4, -0.2) is 15.9 Å². The van der Waals surface area contributed by atoms with Crippen LogP contribution in [0.25, 0.3) is 10.6 Å². The van der Waals surface area contributed by atoms with E-state index in [2.05, 4.69) is 27.4 Å². The molecule has 3 aromatic rings. The molecule has 4 nitrogen and oxygen atoms in total. The van der Waals surface area contributed by atoms with Crippen LogP contribution in [0.5, 0.6) is 0 Å². The van der Waals surface area contributed by atoms with E-state index in [0.717, 1.165) is 34.8 Å². The molecule has 5 heteroatoms. The molecule has 0 fully saturated rings. The molecule has 0 atom stereocenters. The van der Waals surface area contributed by atoms with Crippen molar-refractivity contribution >= 4 is 22.9 Å². The van der Waals surface area contributed by atoms with Gasteiger partial charge in [-0.1, -0.05) is 6.07 Å². The summed E-state index contributed by atoms with van der Waals surface area (Å²) in [5, 5.41) is 5.81. The average Bonchev–Trinajstić information content (AvgIpc) is 3.24. The number of rotatable bonds is 4. The summed E-state index contributed by atoms with van der Waals surface area (Å²) in [6, 6.07) is 10.1. The van der Waals surface area contributed by atoms with Crippen LogP contribution in [0.1, 0.15) is 23.2 Å². The highest BCUT2D eigenvalue weighted by molar-refractivity contribution is 7.13. The summed E-state index contributed by atoms with van der Waals surface area (Å²) in [5.74, 6) is -0.0315. The molecule has 1 amide bonds. The Balaban J connectivity index is 1.42. The number of aryl methyl sites for hydroxylation is 2. The van der Waals surface area contributed by atoms with Gasteiger partial charge in [-0.15, -0.1) is 11.3 Å². The number of anilines is 1. The molecule has 0 unspecified atom stereocenters. The van der Waals surface area contributed by atoms with Crippen LogP contribution in [0.15, 0.2) is 48.1 Å². The van der Waals surface area contributed by atoms with Gasteiger partial charge in [0.05, 0.1) is 12.1 Å². The van der Waals surface area contributed by atoms with Crippen LogP contribution in [-0.2, 0) is 24.1 Å². The number of hydrogen-bond donors (Lipinski definition) is 1. The Morgan fingerprint density at radius 2 is 2.12 bits per heavy atom. The minimum Gasteiger partial charge on any atom is -0.326 e. The van der Waals surface area contributed by atoms with Crippen LogP contribution >= 0.6 is 11.3 Å². The molecular weight excluding hydrogens is 318 g/mol. The molecule has 24 heavy (non-hydrogen) atoms. The minimum atomic E-state index is -0.0315. The first-order valence-corrected chi connectivity index (χ1v) is 8.92. The van der Waals surface area contributed by atoms with Crippen molar-refractivity contribution < 1.29 is 4.79 Å². The summed E-state index contributed by atoms with van der Waals surface area (Å²) in [7, 11) is 0. The van der Waals surface area contributed by atoms with Gasteiger partial charge in [0.1, 0.15) is 5.01 Å². The van der Waals surface area contributed by atoms with E-state index in [4.69, 9.17) is 0 Å². The maximum Gasteiger partial charge on any atom is 0.230 e. The second-order valence-corrected chi connectivity index (χ2v) is 6.81. The van der Waals surface area contributed by atoms with E-state index in [1.165, 1.54) is 28.9 Å². The molecule has 2 heterocycles. The van der Waals surface area contributed by atoms with Crippen LogP contribution in [0.2, 0.25) is 0 Å². The molecule has 1 N–H and O–H groups in total. The van der Waals surface area contributed by atoms with Crippen molar-refractivity contribution in [1.82, 2.24) is 9.97 Å². The number of pyridine rings is 1. The monoisotopic (exact) mass is 335 g/mol. The summed E-state index contributed by atoms with van der Waals surface area (Å²) in [5.41, 5.74) is 5.42. The topological polar surface area (TPSA) is 54.9 Å². The second kappa shape index (κ2) is 6.53.